The van der Waals surface area contributed by atoms with Gasteiger partial charge in [0.2, 0.25) is 5.69 Å². The van der Waals surface area contributed by atoms with Crippen molar-refractivity contribution in [1.82, 2.24) is 10.2 Å². The minimum absolute atomic E-state index is 0.295. The maximum absolute atomic E-state index is 10.9. The van der Waals surface area contributed by atoms with E-state index in [0.29, 0.717) is 0 Å². The third-order valence-corrected chi connectivity index (χ3v) is 1.61. The van der Waals surface area contributed by atoms with Crippen molar-refractivity contribution in [2.24, 2.45) is 0 Å². The average Bonchev–Trinajstić information content (AvgIpc) is 2.46. The van der Waals surface area contributed by atoms with Crippen LogP contribution in [0.1, 0.15) is 10.5 Å². The van der Waals surface area contributed by atoms with Gasteiger partial charge in [-0.2, -0.15) is 0 Å². The first kappa shape index (κ1) is 9.46. The van der Waals surface area contributed by atoms with Crippen molar-refractivity contribution in [1.29, 1.82) is 0 Å². The summed E-state index contributed by atoms with van der Waals surface area (Å²) in [4.78, 5) is 20.3. The van der Waals surface area contributed by atoms with Crippen molar-refractivity contribution in [2.45, 2.75) is 0 Å². The molecule has 13 heavy (non-hydrogen) atoms. The Hall–Kier alpha value is -1.63. The van der Waals surface area contributed by atoms with E-state index in [9.17, 15) is 14.9 Å². The second-order valence-corrected chi connectivity index (χ2v) is 2.36. The number of H-pyrrole nitrogens is 1. The van der Waals surface area contributed by atoms with Crippen LogP contribution in [0.5, 0.6) is 0 Å². The minimum Gasteiger partial charge on any atom is -0.464 e. The predicted octanol–water partition coefficient (Wildman–Crippen LogP) is 0.758. The first-order chi connectivity index (χ1) is 6.07. The molecule has 0 radical (unpaired) electrons. The van der Waals surface area contributed by atoms with Crippen LogP contribution in [-0.4, -0.2) is 28.2 Å². The zero-order valence-corrected chi connectivity index (χ0v) is 7.16. The lowest BCUT2D eigenvalue weighted by Crippen LogP contribution is -2.02. The van der Waals surface area contributed by atoms with E-state index in [2.05, 4.69) is 9.84 Å². The first-order valence-electron chi connectivity index (χ1n) is 3.04. The molecule has 0 aromatic carbocycles. The van der Waals surface area contributed by atoms with Crippen molar-refractivity contribution < 1.29 is 14.5 Å². The summed E-state index contributed by atoms with van der Waals surface area (Å²) in [5, 5.41) is 15.2. The van der Waals surface area contributed by atoms with Crippen LogP contribution >= 0.6 is 11.6 Å². The number of hydrogen-bond donors (Lipinski definition) is 1. The number of aromatic amines is 1. The number of aromatic nitrogens is 2. The maximum Gasteiger partial charge on any atom is 0.362 e. The molecule has 70 valence electrons. The number of nitrogens with zero attached hydrogens (tertiary/aromatic N) is 2. The molecule has 0 saturated carbocycles. The second kappa shape index (κ2) is 3.40. The van der Waals surface area contributed by atoms with Crippen molar-refractivity contribution in [3.05, 3.63) is 20.8 Å². The molecule has 0 aliphatic carbocycles. The van der Waals surface area contributed by atoms with Crippen LogP contribution in [0.25, 0.3) is 0 Å². The lowest BCUT2D eigenvalue weighted by Gasteiger charge is -1.91. The number of carbonyl (C=O) groups is 1. The Morgan fingerprint density at radius 2 is 2.38 bits per heavy atom. The summed E-state index contributed by atoms with van der Waals surface area (Å²) in [5.41, 5.74) is -0.295. The van der Waals surface area contributed by atoms with E-state index in [1.807, 2.05) is 5.10 Å². The van der Waals surface area contributed by atoms with Gasteiger partial charge < -0.3 is 14.9 Å². The molecular formula is C5H4ClN3O4. The molecule has 1 rings (SSSR count). The fraction of sp³-hybridized carbons (Fsp3) is 0.200. The molecule has 1 aromatic heterocycles. The summed E-state index contributed by atoms with van der Waals surface area (Å²) < 4.78 is 4.28. The summed E-state index contributed by atoms with van der Waals surface area (Å²) in [7, 11) is 1.12. The zero-order chi connectivity index (χ0) is 10.0. The monoisotopic (exact) mass is 205 g/mol. The lowest BCUT2D eigenvalue weighted by atomic mass is 10.4. The SMILES string of the molecule is COC(=O)c1n[nH]c([N+](=O)[O-])c1Cl. The van der Waals surface area contributed by atoms with Crippen molar-refractivity contribution in [2.75, 3.05) is 7.11 Å². The van der Waals surface area contributed by atoms with Gasteiger partial charge in [0.25, 0.3) is 0 Å². The lowest BCUT2D eigenvalue weighted by molar-refractivity contribution is -0.389. The zero-order valence-electron chi connectivity index (χ0n) is 6.41. The van der Waals surface area contributed by atoms with E-state index in [1.165, 1.54) is 0 Å². The molecule has 0 fully saturated rings. The number of ether oxygens (including phenoxy) is 1. The highest BCUT2D eigenvalue weighted by Gasteiger charge is 2.25. The minimum atomic E-state index is -0.825. The summed E-state index contributed by atoms with van der Waals surface area (Å²) >= 11 is 5.46. The third kappa shape index (κ3) is 1.59. The Morgan fingerprint density at radius 3 is 2.77 bits per heavy atom. The number of carbonyl (C=O) groups excluding carboxylic acids is 1. The van der Waals surface area contributed by atoms with Gasteiger partial charge >= 0.3 is 11.8 Å². The normalized spacial score (nSPS) is 9.69. The maximum atomic E-state index is 10.9. The van der Waals surface area contributed by atoms with Crippen LogP contribution in [0.3, 0.4) is 0 Å². The van der Waals surface area contributed by atoms with Gasteiger partial charge in [-0.25, -0.2) is 4.79 Å². The van der Waals surface area contributed by atoms with Crippen LogP contribution < -0.4 is 0 Å². The molecule has 0 amide bonds. The molecule has 1 N–H and O–H groups in total. The molecule has 7 nitrogen and oxygen atoms in total. The van der Waals surface area contributed by atoms with E-state index in [-0.39, 0.29) is 10.7 Å². The van der Waals surface area contributed by atoms with E-state index in [4.69, 9.17) is 11.6 Å². The Morgan fingerprint density at radius 1 is 1.77 bits per heavy atom. The number of esters is 1. The van der Waals surface area contributed by atoms with Gasteiger partial charge in [0.05, 0.1) is 7.11 Å². The summed E-state index contributed by atoms with van der Waals surface area (Å²) in [6, 6.07) is 0. The molecule has 8 heteroatoms. The van der Waals surface area contributed by atoms with Crippen LogP contribution in [0.15, 0.2) is 0 Å². The molecule has 1 aromatic rings. The van der Waals surface area contributed by atoms with E-state index < -0.39 is 16.7 Å². The molecule has 0 aliphatic rings. The molecule has 1 heterocycles. The summed E-state index contributed by atoms with van der Waals surface area (Å²) in [6.07, 6.45) is 0. The number of nitrogens with one attached hydrogen (secondary N) is 1. The Bertz CT molecular complexity index is 361. The fourth-order valence-electron chi connectivity index (χ4n) is 0.672. The Labute approximate surface area is 76.8 Å². The van der Waals surface area contributed by atoms with Crippen LogP contribution in [0.2, 0.25) is 5.02 Å². The highest BCUT2D eigenvalue weighted by Crippen LogP contribution is 2.24. The number of nitro groups is 1. The Kier molecular flexibility index (Phi) is 2.47. The molecular weight excluding hydrogens is 202 g/mol. The molecule has 0 bridgehead atoms. The standard InChI is InChI=1S/C5H4ClN3O4/c1-13-5(10)3-2(6)4(8-7-3)9(11)12/h1H3,(H,7,8). The predicted molar refractivity (Wildman–Crippen MR) is 41.6 cm³/mol. The average molecular weight is 206 g/mol. The van der Waals surface area contributed by atoms with Gasteiger partial charge in [-0.3, -0.25) is 0 Å². The van der Waals surface area contributed by atoms with E-state index in [1.54, 1.807) is 0 Å². The number of halogens is 1. The van der Waals surface area contributed by atoms with Gasteiger partial charge in [0, 0.05) is 0 Å². The topological polar surface area (TPSA) is 98.1 Å². The molecule has 0 spiro atoms. The van der Waals surface area contributed by atoms with E-state index >= 15 is 0 Å². The van der Waals surface area contributed by atoms with Crippen LogP contribution in [0, 0.1) is 10.1 Å². The van der Waals surface area contributed by atoms with E-state index in [0.717, 1.165) is 7.11 Å². The summed E-state index contributed by atoms with van der Waals surface area (Å²) in [5.74, 6) is -1.35. The molecule has 0 unspecified atom stereocenters. The highest BCUT2D eigenvalue weighted by atomic mass is 35.5. The number of rotatable bonds is 2. The first-order valence-corrected chi connectivity index (χ1v) is 3.42. The van der Waals surface area contributed by atoms with Gasteiger partial charge in [-0.15, -0.1) is 5.10 Å². The molecule has 0 aliphatic heterocycles. The van der Waals surface area contributed by atoms with Gasteiger partial charge in [0.15, 0.2) is 5.02 Å². The smallest absolute Gasteiger partial charge is 0.362 e. The van der Waals surface area contributed by atoms with Crippen molar-refractivity contribution in [3.63, 3.8) is 0 Å². The van der Waals surface area contributed by atoms with Gasteiger partial charge in [-0.05, 0) is 4.92 Å². The van der Waals surface area contributed by atoms with Crippen molar-refractivity contribution in [3.8, 4) is 0 Å². The van der Waals surface area contributed by atoms with Gasteiger partial charge in [0.1, 0.15) is 0 Å². The number of hydrogen-bond acceptors (Lipinski definition) is 5. The summed E-state index contributed by atoms with van der Waals surface area (Å²) in [6.45, 7) is 0. The van der Waals surface area contributed by atoms with Crippen LogP contribution in [0.4, 0.5) is 5.82 Å². The van der Waals surface area contributed by atoms with Gasteiger partial charge in [-0.1, -0.05) is 16.7 Å². The Balaban J connectivity index is 3.13. The quantitative estimate of drug-likeness (QED) is 0.437. The molecule has 0 saturated heterocycles. The molecule has 0 atom stereocenters. The largest absolute Gasteiger partial charge is 0.464 e. The fourth-order valence-corrected chi connectivity index (χ4v) is 0.903. The number of methoxy groups -OCH3 is 1. The van der Waals surface area contributed by atoms with Crippen LogP contribution in [-0.2, 0) is 4.74 Å². The van der Waals surface area contributed by atoms with Crippen molar-refractivity contribution >= 4 is 23.4 Å². The second-order valence-electron chi connectivity index (χ2n) is 1.98. The highest BCUT2D eigenvalue weighted by molar-refractivity contribution is 6.35. The third-order valence-electron chi connectivity index (χ3n) is 1.25.